The van der Waals surface area contributed by atoms with Gasteiger partial charge in [-0.15, -0.1) is 0 Å². The Hall–Kier alpha value is -0.570. The number of carbonyl (C=O) groups excluding carboxylic acids is 1. The fraction of sp³-hybridized carbons (Fsp3) is 0.857. The lowest BCUT2D eigenvalue weighted by atomic mass is 9.99. The van der Waals surface area contributed by atoms with Gasteiger partial charge in [-0.1, -0.05) is 19.8 Å². The quantitative estimate of drug-likeness (QED) is 0.602. The average Bonchev–Trinajstić information content (AvgIpc) is 1.84. The van der Waals surface area contributed by atoms with Crippen molar-refractivity contribution in [1.29, 1.82) is 0 Å². The van der Waals surface area contributed by atoms with E-state index in [1.165, 1.54) is 6.92 Å². The molecule has 10 heavy (non-hydrogen) atoms. The van der Waals surface area contributed by atoms with Crippen LogP contribution in [0.4, 0.5) is 0 Å². The maximum Gasteiger partial charge on any atom is 0.249 e. The third kappa shape index (κ3) is 2.82. The Labute approximate surface area is 61.2 Å². The minimum atomic E-state index is -1.31. The molecule has 3 heteroatoms. The van der Waals surface area contributed by atoms with Crippen molar-refractivity contribution in [2.24, 2.45) is 5.73 Å². The molecule has 1 amide bonds. The van der Waals surface area contributed by atoms with Gasteiger partial charge in [-0.2, -0.15) is 0 Å². The van der Waals surface area contributed by atoms with Gasteiger partial charge in [0.2, 0.25) is 5.91 Å². The van der Waals surface area contributed by atoms with Crippen LogP contribution < -0.4 is 5.73 Å². The molecule has 0 saturated heterocycles. The Morgan fingerprint density at radius 3 is 2.50 bits per heavy atom. The molecule has 0 aliphatic heterocycles. The molecule has 0 fully saturated rings. The van der Waals surface area contributed by atoms with E-state index in [4.69, 9.17) is 5.73 Å². The van der Waals surface area contributed by atoms with Crippen molar-refractivity contribution in [1.82, 2.24) is 0 Å². The summed E-state index contributed by atoms with van der Waals surface area (Å²) in [7, 11) is 0. The average molecular weight is 145 g/mol. The molecule has 0 aromatic heterocycles. The fourth-order valence-corrected chi connectivity index (χ4v) is 0.644. The van der Waals surface area contributed by atoms with Gasteiger partial charge in [0.25, 0.3) is 0 Å². The predicted molar refractivity (Wildman–Crippen MR) is 39.3 cm³/mol. The van der Waals surface area contributed by atoms with Gasteiger partial charge in [0.05, 0.1) is 0 Å². The fourth-order valence-electron chi connectivity index (χ4n) is 0.644. The van der Waals surface area contributed by atoms with E-state index in [0.29, 0.717) is 6.42 Å². The Morgan fingerprint density at radius 2 is 2.20 bits per heavy atom. The van der Waals surface area contributed by atoms with Crippen LogP contribution in [0.1, 0.15) is 33.1 Å². The maximum atomic E-state index is 10.5. The second kappa shape index (κ2) is 3.56. The molecule has 3 N–H and O–H groups in total. The Morgan fingerprint density at radius 1 is 1.70 bits per heavy atom. The van der Waals surface area contributed by atoms with Crippen molar-refractivity contribution in [3.63, 3.8) is 0 Å². The molecule has 0 rings (SSSR count). The molecule has 60 valence electrons. The number of hydrogen-bond donors (Lipinski definition) is 2. The zero-order valence-corrected chi connectivity index (χ0v) is 6.55. The Kier molecular flexibility index (Phi) is 3.36. The third-order valence-corrected chi connectivity index (χ3v) is 1.55. The summed E-state index contributed by atoms with van der Waals surface area (Å²) >= 11 is 0. The summed E-state index contributed by atoms with van der Waals surface area (Å²) in [5, 5.41) is 9.25. The summed E-state index contributed by atoms with van der Waals surface area (Å²) in [4.78, 5) is 10.5. The molecule has 1 unspecified atom stereocenters. The highest BCUT2D eigenvalue weighted by molar-refractivity contribution is 5.82. The lowest BCUT2D eigenvalue weighted by Gasteiger charge is -2.17. The van der Waals surface area contributed by atoms with Crippen LogP contribution in [0.25, 0.3) is 0 Å². The summed E-state index contributed by atoms with van der Waals surface area (Å²) < 4.78 is 0. The van der Waals surface area contributed by atoms with E-state index in [9.17, 15) is 9.90 Å². The summed E-state index contributed by atoms with van der Waals surface area (Å²) in [6.45, 7) is 3.45. The highest BCUT2D eigenvalue weighted by Gasteiger charge is 2.25. The second-order valence-electron chi connectivity index (χ2n) is 2.74. The first-order chi connectivity index (χ1) is 4.50. The van der Waals surface area contributed by atoms with Crippen molar-refractivity contribution in [2.45, 2.75) is 38.7 Å². The lowest BCUT2D eigenvalue weighted by molar-refractivity contribution is -0.135. The van der Waals surface area contributed by atoms with Crippen molar-refractivity contribution in [3.8, 4) is 0 Å². The SMILES string of the molecule is CCCCC(C)(O)C(N)=O. The highest BCUT2D eigenvalue weighted by Crippen LogP contribution is 2.11. The molecule has 1 atom stereocenters. The molecule has 0 heterocycles. The number of aliphatic hydroxyl groups is 1. The van der Waals surface area contributed by atoms with E-state index in [1.54, 1.807) is 0 Å². The lowest BCUT2D eigenvalue weighted by Crippen LogP contribution is -2.40. The molecule has 0 aromatic carbocycles. The van der Waals surface area contributed by atoms with Gasteiger partial charge in [-0.05, 0) is 13.3 Å². The summed E-state index contributed by atoms with van der Waals surface area (Å²) in [6.07, 6.45) is 2.25. The van der Waals surface area contributed by atoms with Gasteiger partial charge in [0.15, 0.2) is 0 Å². The largest absolute Gasteiger partial charge is 0.380 e. The number of amides is 1. The monoisotopic (exact) mass is 145 g/mol. The van der Waals surface area contributed by atoms with Crippen LogP contribution in [0, 0.1) is 0 Å². The van der Waals surface area contributed by atoms with Crippen LogP contribution in [0.3, 0.4) is 0 Å². The zero-order chi connectivity index (χ0) is 8.20. The van der Waals surface area contributed by atoms with Crippen LogP contribution in [0.2, 0.25) is 0 Å². The van der Waals surface area contributed by atoms with E-state index in [2.05, 4.69) is 0 Å². The number of rotatable bonds is 4. The van der Waals surface area contributed by atoms with Gasteiger partial charge in [0.1, 0.15) is 5.60 Å². The first kappa shape index (κ1) is 9.43. The van der Waals surface area contributed by atoms with E-state index < -0.39 is 11.5 Å². The second-order valence-corrected chi connectivity index (χ2v) is 2.74. The van der Waals surface area contributed by atoms with Gasteiger partial charge < -0.3 is 10.8 Å². The van der Waals surface area contributed by atoms with Gasteiger partial charge >= 0.3 is 0 Å². The molecule has 0 aliphatic carbocycles. The van der Waals surface area contributed by atoms with Gasteiger partial charge in [0, 0.05) is 0 Å². The predicted octanol–water partition coefficient (Wildman–Crippen LogP) is 0.413. The van der Waals surface area contributed by atoms with Crippen LogP contribution in [-0.2, 0) is 4.79 Å². The smallest absolute Gasteiger partial charge is 0.249 e. The molecule has 0 spiro atoms. The highest BCUT2D eigenvalue weighted by atomic mass is 16.3. The minimum absolute atomic E-state index is 0.457. The van der Waals surface area contributed by atoms with E-state index >= 15 is 0 Å². The van der Waals surface area contributed by atoms with Gasteiger partial charge in [-0.3, -0.25) is 4.79 Å². The molecule has 0 aliphatic rings. The molecular weight excluding hydrogens is 130 g/mol. The zero-order valence-electron chi connectivity index (χ0n) is 6.55. The first-order valence-corrected chi connectivity index (χ1v) is 3.53. The molecule has 0 bridgehead atoms. The summed E-state index contributed by atoms with van der Waals surface area (Å²) in [5.41, 5.74) is 3.61. The van der Waals surface area contributed by atoms with Crippen LogP contribution in [0.15, 0.2) is 0 Å². The Balaban J connectivity index is 3.75. The molecule has 0 aromatic rings. The number of primary amides is 1. The van der Waals surface area contributed by atoms with Crippen LogP contribution in [0.5, 0.6) is 0 Å². The Bertz CT molecular complexity index is 121. The van der Waals surface area contributed by atoms with Gasteiger partial charge in [-0.25, -0.2) is 0 Å². The summed E-state index contributed by atoms with van der Waals surface area (Å²) in [5.74, 6) is -0.638. The van der Waals surface area contributed by atoms with Crippen molar-refractivity contribution >= 4 is 5.91 Å². The first-order valence-electron chi connectivity index (χ1n) is 3.53. The van der Waals surface area contributed by atoms with E-state index in [1.807, 2.05) is 6.92 Å². The number of nitrogens with two attached hydrogens (primary N) is 1. The molecule has 0 radical (unpaired) electrons. The number of carbonyl (C=O) groups is 1. The number of hydrogen-bond acceptors (Lipinski definition) is 2. The van der Waals surface area contributed by atoms with Crippen LogP contribution in [-0.4, -0.2) is 16.6 Å². The molecule has 3 nitrogen and oxygen atoms in total. The standard InChI is InChI=1S/C7H15NO2/c1-3-4-5-7(2,10)6(8)9/h10H,3-5H2,1-2H3,(H2,8,9). The molecular formula is C7H15NO2. The van der Waals surface area contributed by atoms with Crippen LogP contribution >= 0.6 is 0 Å². The van der Waals surface area contributed by atoms with Crippen molar-refractivity contribution in [3.05, 3.63) is 0 Å². The maximum absolute atomic E-state index is 10.5. The normalized spacial score (nSPS) is 16.3. The minimum Gasteiger partial charge on any atom is -0.380 e. The van der Waals surface area contributed by atoms with E-state index in [-0.39, 0.29) is 0 Å². The van der Waals surface area contributed by atoms with Crippen molar-refractivity contribution < 1.29 is 9.90 Å². The van der Waals surface area contributed by atoms with E-state index in [0.717, 1.165) is 12.8 Å². The molecule has 0 saturated carbocycles. The third-order valence-electron chi connectivity index (χ3n) is 1.55. The summed E-state index contributed by atoms with van der Waals surface area (Å²) in [6, 6.07) is 0. The van der Waals surface area contributed by atoms with Crippen molar-refractivity contribution in [2.75, 3.05) is 0 Å². The number of unbranched alkanes of at least 4 members (excludes halogenated alkanes) is 1. The topological polar surface area (TPSA) is 63.3 Å².